The first-order valence-electron chi connectivity index (χ1n) is 13.4. The van der Waals surface area contributed by atoms with E-state index in [2.05, 4.69) is 15.7 Å². The van der Waals surface area contributed by atoms with Crippen molar-refractivity contribution in [3.8, 4) is 28.7 Å². The van der Waals surface area contributed by atoms with E-state index < -0.39 is 35.5 Å². The van der Waals surface area contributed by atoms with Gasteiger partial charge < -0.3 is 29.6 Å². The van der Waals surface area contributed by atoms with Gasteiger partial charge in [-0.1, -0.05) is 6.07 Å². The SMILES string of the molecule is CCOc1ccc(Oc2cc(NC(=O)c3cc4n(n3)[C@@H](C(F)(F)F)C[C@@H](c3ccc5c(c3)OCO5)N4)cc([N+](=O)[O-])c2)cc1. The van der Waals surface area contributed by atoms with Crippen LogP contribution in [-0.2, 0) is 0 Å². The van der Waals surface area contributed by atoms with Crippen LogP contribution in [0.5, 0.6) is 28.7 Å². The number of benzene rings is 3. The number of nitro benzene ring substituents is 1. The standard InChI is InChI=1S/C29H24F3N5O7/c1-2-41-19-4-6-20(7-5-19)44-21-11-17(10-18(12-21)37(39)40)33-28(38)23-14-27-34-22(13-26(29(30,31)32)36(27)35-23)16-3-8-24-25(9-16)43-15-42-24/h3-12,14,22,26,34H,2,13,15H2,1H3,(H,33,38)/t22-,26+/m0/s1. The van der Waals surface area contributed by atoms with Crippen LogP contribution in [0.1, 0.15) is 41.5 Å². The van der Waals surface area contributed by atoms with Crippen LogP contribution < -0.4 is 29.6 Å². The first kappa shape index (κ1) is 28.6. The maximum absolute atomic E-state index is 14.2. The Morgan fingerprint density at radius 1 is 1.07 bits per heavy atom. The number of nitrogens with one attached hydrogen (secondary N) is 2. The van der Waals surface area contributed by atoms with Gasteiger partial charge in [-0.05, 0) is 48.9 Å². The second-order valence-corrected chi connectivity index (χ2v) is 9.90. The fourth-order valence-electron chi connectivity index (χ4n) is 4.95. The van der Waals surface area contributed by atoms with Gasteiger partial charge >= 0.3 is 6.18 Å². The maximum Gasteiger partial charge on any atom is 0.410 e. The number of ether oxygens (including phenoxy) is 4. The number of anilines is 2. The number of hydrogen-bond donors (Lipinski definition) is 2. The van der Waals surface area contributed by atoms with E-state index in [9.17, 15) is 28.1 Å². The minimum Gasteiger partial charge on any atom is -0.494 e. The quantitative estimate of drug-likeness (QED) is 0.166. The van der Waals surface area contributed by atoms with Gasteiger partial charge in [0.05, 0.1) is 29.3 Å². The van der Waals surface area contributed by atoms with E-state index in [-0.39, 0.29) is 35.4 Å². The van der Waals surface area contributed by atoms with E-state index in [1.165, 1.54) is 18.2 Å². The number of fused-ring (bicyclic) bond motifs is 2. The minimum atomic E-state index is -4.67. The first-order valence-corrected chi connectivity index (χ1v) is 13.4. The fourth-order valence-corrected chi connectivity index (χ4v) is 4.95. The second-order valence-electron chi connectivity index (χ2n) is 9.90. The van der Waals surface area contributed by atoms with Gasteiger partial charge in [0.15, 0.2) is 23.2 Å². The molecule has 1 aromatic heterocycles. The van der Waals surface area contributed by atoms with Crippen molar-refractivity contribution < 1.29 is 41.8 Å². The van der Waals surface area contributed by atoms with Crippen molar-refractivity contribution in [1.82, 2.24) is 9.78 Å². The molecule has 4 aromatic rings. The highest BCUT2D eigenvalue weighted by atomic mass is 19.4. The predicted octanol–water partition coefficient (Wildman–Crippen LogP) is 6.62. The summed E-state index contributed by atoms with van der Waals surface area (Å²) < 4.78 is 65.0. The Hall–Kier alpha value is -5.47. The molecule has 15 heteroatoms. The molecule has 0 saturated carbocycles. The zero-order chi connectivity index (χ0) is 31.0. The smallest absolute Gasteiger partial charge is 0.410 e. The summed E-state index contributed by atoms with van der Waals surface area (Å²) >= 11 is 0. The van der Waals surface area contributed by atoms with Crippen molar-refractivity contribution in [3.63, 3.8) is 0 Å². The highest BCUT2D eigenvalue weighted by Gasteiger charge is 2.47. The Kier molecular flexibility index (Phi) is 7.36. The summed E-state index contributed by atoms with van der Waals surface area (Å²) in [4.78, 5) is 24.1. The van der Waals surface area contributed by atoms with E-state index in [1.807, 2.05) is 6.92 Å². The van der Waals surface area contributed by atoms with Crippen molar-refractivity contribution in [2.45, 2.75) is 31.6 Å². The Balaban J connectivity index is 1.24. The zero-order valence-corrected chi connectivity index (χ0v) is 23.0. The molecule has 2 N–H and O–H groups in total. The van der Waals surface area contributed by atoms with Crippen LogP contribution in [0, 0.1) is 10.1 Å². The number of rotatable bonds is 8. The number of alkyl halides is 3. The molecule has 1 amide bonds. The molecular formula is C29H24F3N5O7. The summed E-state index contributed by atoms with van der Waals surface area (Å²) in [6.45, 7) is 2.33. The average Bonchev–Trinajstić information content (AvgIpc) is 3.64. The molecule has 228 valence electrons. The largest absolute Gasteiger partial charge is 0.494 e. The molecule has 0 fully saturated rings. The summed E-state index contributed by atoms with van der Waals surface area (Å²) in [5.74, 6) is 1.04. The lowest BCUT2D eigenvalue weighted by Crippen LogP contribution is -2.35. The lowest BCUT2D eigenvalue weighted by atomic mass is 9.96. The number of aromatic nitrogens is 2. The van der Waals surface area contributed by atoms with Crippen molar-refractivity contribution in [2.75, 3.05) is 24.0 Å². The number of carbonyl (C=O) groups excluding carboxylic acids is 1. The highest BCUT2D eigenvalue weighted by molar-refractivity contribution is 6.03. The zero-order valence-electron chi connectivity index (χ0n) is 23.0. The third-order valence-corrected chi connectivity index (χ3v) is 6.95. The monoisotopic (exact) mass is 611 g/mol. The third kappa shape index (κ3) is 5.88. The van der Waals surface area contributed by atoms with Gasteiger partial charge in [0, 0.05) is 24.6 Å². The van der Waals surface area contributed by atoms with Gasteiger partial charge in [-0.25, -0.2) is 4.68 Å². The van der Waals surface area contributed by atoms with Crippen molar-refractivity contribution in [3.05, 3.63) is 88.1 Å². The molecule has 12 nitrogen and oxygen atoms in total. The predicted molar refractivity (Wildman–Crippen MR) is 150 cm³/mol. The molecule has 0 radical (unpaired) electrons. The Bertz CT molecular complexity index is 1730. The Labute approximate surface area is 247 Å². The van der Waals surface area contributed by atoms with Crippen LogP contribution >= 0.6 is 0 Å². The van der Waals surface area contributed by atoms with Crippen LogP contribution in [-0.4, -0.2) is 40.2 Å². The van der Waals surface area contributed by atoms with Crippen LogP contribution in [0.4, 0.5) is 30.4 Å². The summed E-state index contributed by atoms with van der Waals surface area (Å²) in [5.41, 5.74) is -0.180. The number of nitro groups is 1. The summed E-state index contributed by atoms with van der Waals surface area (Å²) in [6, 6.07) is 13.5. The summed E-state index contributed by atoms with van der Waals surface area (Å²) in [6.07, 6.45) is -5.06. The molecular weight excluding hydrogens is 587 g/mol. The first-order chi connectivity index (χ1) is 21.1. The molecule has 0 unspecified atom stereocenters. The van der Waals surface area contributed by atoms with Gasteiger partial charge in [0.1, 0.15) is 23.1 Å². The van der Waals surface area contributed by atoms with Crippen LogP contribution in [0.3, 0.4) is 0 Å². The molecule has 2 aliphatic heterocycles. The topological polar surface area (TPSA) is 139 Å². The van der Waals surface area contributed by atoms with Gasteiger partial charge in [-0.2, -0.15) is 18.3 Å². The third-order valence-electron chi connectivity index (χ3n) is 6.95. The molecule has 6 rings (SSSR count). The van der Waals surface area contributed by atoms with Crippen LogP contribution in [0.2, 0.25) is 0 Å². The lowest BCUT2D eigenvalue weighted by molar-refractivity contribution is -0.384. The van der Waals surface area contributed by atoms with Gasteiger partial charge in [-0.15, -0.1) is 0 Å². The Morgan fingerprint density at radius 2 is 1.82 bits per heavy atom. The molecule has 3 heterocycles. The molecule has 0 spiro atoms. The number of nitrogens with zero attached hydrogens (tertiary/aromatic N) is 3. The fraction of sp³-hybridized carbons (Fsp3) is 0.241. The number of amides is 1. The van der Waals surface area contributed by atoms with Crippen molar-refractivity contribution in [2.24, 2.45) is 0 Å². The summed E-state index contributed by atoms with van der Waals surface area (Å²) in [5, 5.41) is 21.0. The van der Waals surface area contributed by atoms with Crippen molar-refractivity contribution in [1.29, 1.82) is 0 Å². The van der Waals surface area contributed by atoms with Gasteiger partial charge in [-0.3, -0.25) is 14.9 Å². The van der Waals surface area contributed by atoms with Gasteiger partial charge in [0.2, 0.25) is 6.79 Å². The highest BCUT2D eigenvalue weighted by Crippen LogP contribution is 2.45. The number of carbonyl (C=O) groups is 1. The van der Waals surface area contributed by atoms with E-state index >= 15 is 0 Å². The minimum absolute atomic E-state index is 0.0188. The van der Waals surface area contributed by atoms with Gasteiger partial charge in [0.25, 0.3) is 11.6 Å². The van der Waals surface area contributed by atoms with E-state index in [1.54, 1.807) is 42.5 Å². The van der Waals surface area contributed by atoms with E-state index in [4.69, 9.17) is 18.9 Å². The average molecular weight is 612 g/mol. The van der Waals surface area contributed by atoms with Crippen molar-refractivity contribution >= 4 is 23.1 Å². The molecule has 3 aromatic carbocycles. The normalized spacial score (nSPS) is 16.9. The number of halogens is 3. The lowest BCUT2D eigenvalue weighted by Gasteiger charge is -2.33. The van der Waals surface area contributed by atoms with E-state index in [0.717, 1.165) is 10.7 Å². The molecule has 0 bridgehead atoms. The molecule has 0 saturated heterocycles. The molecule has 2 atom stereocenters. The molecule has 2 aliphatic rings. The molecule has 44 heavy (non-hydrogen) atoms. The number of hydrogen-bond acceptors (Lipinski definition) is 9. The molecule has 0 aliphatic carbocycles. The second kappa shape index (κ2) is 11.3. The number of non-ortho nitro benzene ring substituents is 1. The summed E-state index contributed by atoms with van der Waals surface area (Å²) in [7, 11) is 0. The van der Waals surface area contributed by atoms with E-state index in [0.29, 0.717) is 35.2 Å². The van der Waals surface area contributed by atoms with Crippen LogP contribution in [0.25, 0.3) is 0 Å². The Morgan fingerprint density at radius 3 is 2.55 bits per heavy atom. The maximum atomic E-state index is 14.2. The van der Waals surface area contributed by atoms with Crippen LogP contribution in [0.15, 0.2) is 66.7 Å².